The highest BCUT2D eigenvalue weighted by atomic mass is 79.9. The number of methoxy groups -OCH3 is 1. The summed E-state index contributed by atoms with van der Waals surface area (Å²) in [6.45, 7) is 0. The zero-order valence-corrected chi connectivity index (χ0v) is 11.4. The van der Waals surface area contributed by atoms with Gasteiger partial charge in [0.15, 0.2) is 0 Å². The van der Waals surface area contributed by atoms with Crippen molar-refractivity contribution in [1.29, 1.82) is 0 Å². The van der Waals surface area contributed by atoms with E-state index in [0.717, 1.165) is 5.75 Å². The molecule has 4 heteroatoms. The molecule has 0 spiro atoms. The van der Waals surface area contributed by atoms with Crippen LogP contribution in [0.15, 0.2) is 42.5 Å². The summed E-state index contributed by atoms with van der Waals surface area (Å²) in [4.78, 5) is 0. The number of rotatable bonds is 4. The van der Waals surface area contributed by atoms with Gasteiger partial charge in [-0.3, -0.25) is 0 Å². The molecule has 0 N–H and O–H groups in total. The van der Waals surface area contributed by atoms with Gasteiger partial charge in [0.25, 0.3) is 0 Å². The third-order valence-corrected chi connectivity index (χ3v) is 3.06. The molecule has 2 rings (SSSR count). The Morgan fingerprint density at radius 1 is 1.06 bits per heavy atom. The first-order valence-corrected chi connectivity index (χ1v) is 6.52. The monoisotopic (exact) mass is 310 g/mol. The minimum atomic E-state index is -0.280. The summed E-state index contributed by atoms with van der Waals surface area (Å²) < 4.78 is 24.3. The standard InChI is InChI=1S/C14H12BrFO2/c1-17-10-5-7-11(8-6-10)18-14-4-2-3-13(16)12(14)9-15/h2-8H,9H2,1H3. The van der Waals surface area contributed by atoms with Crippen LogP contribution in [0.3, 0.4) is 0 Å². The molecule has 0 unspecified atom stereocenters. The van der Waals surface area contributed by atoms with Crippen LogP contribution in [-0.2, 0) is 5.33 Å². The summed E-state index contributed by atoms with van der Waals surface area (Å²) in [5.41, 5.74) is 0.508. The van der Waals surface area contributed by atoms with Crippen LogP contribution in [0, 0.1) is 5.82 Å². The van der Waals surface area contributed by atoms with Crippen LogP contribution in [0.2, 0.25) is 0 Å². The summed E-state index contributed by atoms with van der Waals surface area (Å²) in [6, 6.07) is 11.9. The van der Waals surface area contributed by atoms with Gasteiger partial charge in [0.05, 0.1) is 7.11 Å². The van der Waals surface area contributed by atoms with Crippen LogP contribution >= 0.6 is 15.9 Å². The number of halogens is 2. The summed E-state index contributed by atoms with van der Waals surface area (Å²) in [5.74, 6) is 1.63. The molecule has 2 nitrogen and oxygen atoms in total. The van der Waals surface area contributed by atoms with Crippen molar-refractivity contribution in [1.82, 2.24) is 0 Å². The second-order valence-electron chi connectivity index (χ2n) is 3.63. The highest BCUT2D eigenvalue weighted by Crippen LogP contribution is 2.29. The minimum Gasteiger partial charge on any atom is -0.497 e. The third-order valence-electron chi connectivity index (χ3n) is 2.50. The van der Waals surface area contributed by atoms with Gasteiger partial charge in [-0.2, -0.15) is 0 Å². The molecule has 2 aromatic rings. The van der Waals surface area contributed by atoms with Crippen LogP contribution in [-0.4, -0.2) is 7.11 Å². The molecule has 0 aliphatic rings. The van der Waals surface area contributed by atoms with Gasteiger partial charge >= 0.3 is 0 Å². The lowest BCUT2D eigenvalue weighted by molar-refractivity contribution is 0.412. The minimum absolute atomic E-state index is 0.280. The van der Waals surface area contributed by atoms with Crippen molar-refractivity contribution < 1.29 is 13.9 Å². The summed E-state index contributed by atoms with van der Waals surface area (Å²) in [5, 5.41) is 0.408. The van der Waals surface area contributed by atoms with Crippen molar-refractivity contribution in [2.45, 2.75) is 5.33 Å². The summed E-state index contributed by atoms with van der Waals surface area (Å²) >= 11 is 3.26. The first kappa shape index (κ1) is 12.9. The highest BCUT2D eigenvalue weighted by Gasteiger charge is 2.09. The maximum absolute atomic E-state index is 13.5. The molecule has 0 bridgehead atoms. The van der Waals surface area contributed by atoms with Crippen LogP contribution < -0.4 is 9.47 Å². The molecule has 0 fully saturated rings. The van der Waals surface area contributed by atoms with Crippen LogP contribution in [0.5, 0.6) is 17.2 Å². The van der Waals surface area contributed by atoms with Crippen LogP contribution in [0.1, 0.15) is 5.56 Å². The summed E-state index contributed by atoms with van der Waals surface area (Å²) in [7, 11) is 1.60. The fourth-order valence-corrected chi connectivity index (χ4v) is 2.08. The molecule has 94 valence electrons. The second-order valence-corrected chi connectivity index (χ2v) is 4.19. The Kier molecular flexibility index (Phi) is 4.20. The lowest BCUT2D eigenvalue weighted by atomic mass is 10.2. The second kappa shape index (κ2) is 5.87. The molecule has 0 aromatic heterocycles. The molecule has 0 aliphatic heterocycles. The zero-order valence-electron chi connectivity index (χ0n) is 9.82. The number of ether oxygens (including phenoxy) is 2. The Bertz CT molecular complexity index is 526. The number of hydrogen-bond donors (Lipinski definition) is 0. The lowest BCUT2D eigenvalue weighted by Crippen LogP contribution is -1.93. The van der Waals surface area contributed by atoms with E-state index in [1.807, 2.05) is 0 Å². The van der Waals surface area contributed by atoms with Gasteiger partial charge in [0, 0.05) is 10.9 Å². The van der Waals surface area contributed by atoms with E-state index in [1.54, 1.807) is 43.5 Å². The molecule has 0 radical (unpaired) electrons. The van der Waals surface area contributed by atoms with Gasteiger partial charge in [0.2, 0.25) is 0 Å². The van der Waals surface area contributed by atoms with E-state index in [-0.39, 0.29) is 5.82 Å². The largest absolute Gasteiger partial charge is 0.497 e. The third kappa shape index (κ3) is 2.82. The number of alkyl halides is 1. The topological polar surface area (TPSA) is 18.5 Å². The van der Waals surface area contributed by atoms with Gasteiger partial charge < -0.3 is 9.47 Å². The maximum atomic E-state index is 13.5. The van der Waals surface area contributed by atoms with Crippen molar-refractivity contribution in [3.05, 3.63) is 53.8 Å². The summed E-state index contributed by atoms with van der Waals surface area (Å²) in [6.07, 6.45) is 0. The van der Waals surface area contributed by atoms with E-state index >= 15 is 0 Å². The first-order valence-electron chi connectivity index (χ1n) is 5.40. The average molecular weight is 311 g/mol. The van der Waals surface area contributed by atoms with Gasteiger partial charge in [0.1, 0.15) is 23.1 Å². The van der Waals surface area contributed by atoms with Gasteiger partial charge in [-0.15, -0.1) is 0 Å². The molecule has 0 atom stereocenters. The van der Waals surface area contributed by atoms with Crippen molar-refractivity contribution in [2.75, 3.05) is 7.11 Å². The van der Waals surface area contributed by atoms with Gasteiger partial charge in [-0.25, -0.2) is 4.39 Å². The van der Waals surface area contributed by atoms with E-state index in [2.05, 4.69) is 15.9 Å². The Balaban J connectivity index is 2.25. The molecular weight excluding hydrogens is 299 g/mol. The molecule has 0 heterocycles. The lowest BCUT2D eigenvalue weighted by Gasteiger charge is -2.10. The maximum Gasteiger partial charge on any atom is 0.134 e. The average Bonchev–Trinajstić information content (AvgIpc) is 2.40. The van der Waals surface area contributed by atoms with Gasteiger partial charge in [-0.05, 0) is 36.4 Å². The van der Waals surface area contributed by atoms with Crippen LogP contribution in [0.4, 0.5) is 4.39 Å². The van der Waals surface area contributed by atoms with E-state index in [4.69, 9.17) is 9.47 Å². The molecule has 0 saturated heterocycles. The highest BCUT2D eigenvalue weighted by molar-refractivity contribution is 9.08. The van der Waals surface area contributed by atoms with E-state index in [1.165, 1.54) is 6.07 Å². The molecule has 18 heavy (non-hydrogen) atoms. The molecule has 0 amide bonds. The Morgan fingerprint density at radius 3 is 2.33 bits per heavy atom. The first-order chi connectivity index (χ1) is 8.74. The Labute approximate surface area is 113 Å². The smallest absolute Gasteiger partial charge is 0.134 e. The SMILES string of the molecule is COc1ccc(Oc2cccc(F)c2CBr)cc1. The van der Waals surface area contributed by atoms with Crippen molar-refractivity contribution in [3.8, 4) is 17.2 Å². The quantitative estimate of drug-likeness (QED) is 0.773. The molecule has 0 aliphatic carbocycles. The fourth-order valence-electron chi connectivity index (χ4n) is 1.53. The van der Waals surface area contributed by atoms with E-state index in [0.29, 0.717) is 22.4 Å². The zero-order chi connectivity index (χ0) is 13.0. The fraction of sp³-hybridized carbons (Fsp3) is 0.143. The van der Waals surface area contributed by atoms with Crippen molar-refractivity contribution in [3.63, 3.8) is 0 Å². The molecule has 2 aromatic carbocycles. The normalized spacial score (nSPS) is 10.2. The number of hydrogen-bond acceptors (Lipinski definition) is 2. The predicted octanol–water partition coefficient (Wildman–Crippen LogP) is 4.52. The van der Waals surface area contributed by atoms with Crippen molar-refractivity contribution in [2.24, 2.45) is 0 Å². The van der Waals surface area contributed by atoms with E-state index < -0.39 is 0 Å². The molecular formula is C14H12BrFO2. The van der Waals surface area contributed by atoms with Crippen LogP contribution in [0.25, 0.3) is 0 Å². The van der Waals surface area contributed by atoms with Gasteiger partial charge in [-0.1, -0.05) is 22.0 Å². The predicted molar refractivity (Wildman–Crippen MR) is 72.1 cm³/mol. The Morgan fingerprint density at radius 2 is 1.72 bits per heavy atom. The van der Waals surface area contributed by atoms with Crippen molar-refractivity contribution >= 4 is 15.9 Å². The number of benzene rings is 2. The Hall–Kier alpha value is -1.55. The van der Waals surface area contributed by atoms with E-state index in [9.17, 15) is 4.39 Å². The molecule has 0 saturated carbocycles.